The van der Waals surface area contributed by atoms with Gasteiger partial charge in [0.2, 0.25) is 11.8 Å². The molecular weight excluding hydrogens is 332 g/mol. The number of amides is 2. The standard InChI is InChI=1S/C20H22N2O4/c1-22-18(23)12-15(19(22)13-7-5-4-6-8-13)20(24)21-16-11-14(25-2)9-10-17(16)26-3/h4-11,15,19H,12H2,1-3H3,(H,21,24). The maximum Gasteiger partial charge on any atom is 0.230 e. The highest BCUT2D eigenvalue weighted by atomic mass is 16.5. The third-order valence-electron chi connectivity index (χ3n) is 4.73. The van der Waals surface area contributed by atoms with Crippen molar-refractivity contribution >= 4 is 17.5 Å². The third kappa shape index (κ3) is 3.35. The molecule has 1 saturated heterocycles. The molecule has 0 spiro atoms. The fourth-order valence-electron chi connectivity index (χ4n) is 3.35. The molecule has 2 aromatic carbocycles. The highest BCUT2D eigenvalue weighted by Gasteiger charge is 2.42. The second kappa shape index (κ2) is 7.47. The first-order chi connectivity index (χ1) is 12.5. The quantitative estimate of drug-likeness (QED) is 0.896. The molecule has 2 aromatic rings. The average Bonchev–Trinajstić information content (AvgIpc) is 2.97. The number of carbonyl (C=O) groups is 2. The number of rotatable bonds is 5. The van der Waals surface area contributed by atoms with E-state index in [-0.39, 0.29) is 24.3 Å². The van der Waals surface area contributed by atoms with Crippen LogP contribution in [0.2, 0.25) is 0 Å². The maximum atomic E-state index is 13.0. The Kier molecular flexibility index (Phi) is 5.11. The van der Waals surface area contributed by atoms with Crippen molar-refractivity contribution in [3.63, 3.8) is 0 Å². The SMILES string of the molecule is COc1ccc(OC)c(NC(=O)C2CC(=O)N(C)C2c2ccccc2)c1. The second-order valence-corrected chi connectivity index (χ2v) is 6.23. The van der Waals surface area contributed by atoms with E-state index in [2.05, 4.69) is 5.32 Å². The number of methoxy groups -OCH3 is 2. The van der Waals surface area contributed by atoms with E-state index in [0.29, 0.717) is 17.2 Å². The molecule has 0 radical (unpaired) electrons. The number of hydrogen-bond donors (Lipinski definition) is 1. The second-order valence-electron chi connectivity index (χ2n) is 6.23. The fourth-order valence-corrected chi connectivity index (χ4v) is 3.35. The third-order valence-corrected chi connectivity index (χ3v) is 4.73. The van der Waals surface area contributed by atoms with E-state index in [4.69, 9.17) is 9.47 Å². The number of likely N-dealkylation sites (tertiary alicyclic amines) is 1. The van der Waals surface area contributed by atoms with Gasteiger partial charge in [0.1, 0.15) is 11.5 Å². The number of benzene rings is 2. The van der Waals surface area contributed by atoms with Crippen LogP contribution in [0.25, 0.3) is 0 Å². The summed E-state index contributed by atoms with van der Waals surface area (Å²) in [5.74, 6) is 0.402. The largest absolute Gasteiger partial charge is 0.497 e. The molecule has 6 heteroatoms. The van der Waals surface area contributed by atoms with Gasteiger partial charge in [-0.1, -0.05) is 30.3 Å². The Morgan fingerprint density at radius 3 is 2.50 bits per heavy atom. The summed E-state index contributed by atoms with van der Waals surface area (Å²) in [7, 11) is 4.83. The van der Waals surface area contributed by atoms with E-state index in [1.807, 2.05) is 30.3 Å². The number of ether oxygens (including phenoxy) is 2. The lowest BCUT2D eigenvalue weighted by atomic mass is 9.93. The van der Waals surface area contributed by atoms with Gasteiger partial charge in [-0.05, 0) is 17.7 Å². The van der Waals surface area contributed by atoms with Gasteiger partial charge < -0.3 is 19.7 Å². The molecule has 0 aliphatic carbocycles. The van der Waals surface area contributed by atoms with E-state index < -0.39 is 5.92 Å². The Hall–Kier alpha value is -3.02. The Labute approximate surface area is 152 Å². The predicted octanol–water partition coefficient (Wildman–Crippen LogP) is 2.86. The maximum absolute atomic E-state index is 13.0. The molecule has 2 atom stereocenters. The van der Waals surface area contributed by atoms with Crippen LogP contribution in [-0.2, 0) is 9.59 Å². The van der Waals surface area contributed by atoms with Gasteiger partial charge in [0.05, 0.1) is 31.9 Å². The molecule has 1 aliphatic rings. The minimum atomic E-state index is -0.481. The molecule has 0 bridgehead atoms. The van der Waals surface area contributed by atoms with Gasteiger partial charge in [0.25, 0.3) is 0 Å². The fraction of sp³-hybridized carbons (Fsp3) is 0.300. The lowest BCUT2D eigenvalue weighted by Crippen LogP contribution is -2.30. The lowest BCUT2D eigenvalue weighted by Gasteiger charge is -2.25. The van der Waals surface area contributed by atoms with Crippen molar-refractivity contribution in [3.05, 3.63) is 54.1 Å². The molecule has 6 nitrogen and oxygen atoms in total. The van der Waals surface area contributed by atoms with Gasteiger partial charge in [-0.3, -0.25) is 9.59 Å². The molecule has 2 unspecified atom stereocenters. The zero-order valence-electron chi connectivity index (χ0n) is 15.1. The van der Waals surface area contributed by atoms with E-state index in [1.54, 1.807) is 37.3 Å². The molecule has 1 heterocycles. The Balaban J connectivity index is 1.88. The average molecular weight is 354 g/mol. The van der Waals surface area contributed by atoms with Crippen LogP contribution in [0.5, 0.6) is 11.5 Å². The summed E-state index contributed by atoms with van der Waals surface area (Å²) in [6.45, 7) is 0. The van der Waals surface area contributed by atoms with Gasteiger partial charge in [-0.15, -0.1) is 0 Å². The van der Waals surface area contributed by atoms with Gasteiger partial charge in [0.15, 0.2) is 0 Å². The van der Waals surface area contributed by atoms with Crippen molar-refractivity contribution in [2.45, 2.75) is 12.5 Å². The van der Waals surface area contributed by atoms with Crippen LogP contribution in [0, 0.1) is 5.92 Å². The Morgan fingerprint density at radius 2 is 1.85 bits per heavy atom. The Bertz CT molecular complexity index is 807. The van der Waals surface area contributed by atoms with Crippen molar-refractivity contribution in [2.75, 3.05) is 26.6 Å². The zero-order chi connectivity index (χ0) is 18.7. The summed E-state index contributed by atoms with van der Waals surface area (Å²) in [6, 6.07) is 14.5. The molecule has 1 aliphatic heterocycles. The molecular formula is C20H22N2O4. The monoisotopic (exact) mass is 354 g/mol. The summed E-state index contributed by atoms with van der Waals surface area (Å²) >= 11 is 0. The van der Waals surface area contributed by atoms with Gasteiger partial charge >= 0.3 is 0 Å². The molecule has 0 saturated carbocycles. The van der Waals surface area contributed by atoms with Crippen molar-refractivity contribution in [3.8, 4) is 11.5 Å². The van der Waals surface area contributed by atoms with Crippen molar-refractivity contribution in [1.82, 2.24) is 4.90 Å². The first-order valence-electron chi connectivity index (χ1n) is 8.38. The number of hydrogen-bond acceptors (Lipinski definition) is 4. The summed E-state index contributed by atoms with van der Waals surface area (Å²) in [6.07, 6.45) is 0.175. The van der Waals surface area contributed by atoms with Crippen molar-refractivity contribution in [1.29, 1.82) is 0 Å². The summed E-state index contributed by atoms with van der Waals surface area (Å²) in [4.78, 5) is 26.9. The molecule has 2 amide bonds. The van der Waals surface area contributed by atoms with E-state index in [9.17, 15) is 9.59 Å². The van der Waals surface area contributed by atoms with E-state index in [0.717, 1.165) is 5.56 Å². The number of carbonyl (C=O) groups excluding carboxylic acids is 2. The molecule has 3 rings (SSSR count). The molecule has 136 valence electrons. The van der Waals surface area contributed by atoms with Crippen molar-refractivity contribution < 1.29 is 19.1 Å². The molecule has 26 heavy (non-hydrogen) atoms. The number of nitrogens with zero attached hydrogens (tertiary/aromatic N) is 1. The minimum Gasteiger partial charge on any atom is -0.497 e. The van der Waals surface area contributed by atoms with Crippen LogP contribution >= 0.6 is 0 Å². The number of anilines is 1. The number of nitrogens with one attached hydrogen (secondary N) is 1. The topological polar surface area (TPSA) is 67.9 Å². The summed E-state index contributed by atoms with van der Waals surface area (Å²) < 4.78 is 10.5. The highest BCUT2D eigenvalue weighted by molar-refractivity contribution is 5.99. The van der Waals surface area contributed by atoms with Crippen LogP contribution in [0.15, 0.2) is 48.5 Å². The minimum absolute atomic E-state index is 0.0448. The summed E-state index contributed by atoms with van der Waals surface area (Å²) in [5.41, 5.74) is 1.46. The van der Waals surface area contributed by atoms with Crippen LogP contribution in [-0.4, -0.2) is 38.0 Å². The molecule has 0 aromatic heterocycles. The van der Waals surface area contributed by atoms with E-state index in [1.165, 1.54) is 7.11 Å². The Morgan fingerprint density at radius 1 is 1.12 bits per heavy atom. The molecule has 1 fully saturated rings. The lowest BCUT2D eigenvalue weighted by molar-refractivity contribution is -0.127. The first kappa shape index (κ1) is 17.8. The van der Waals surface area contributed by atoms with E-state index >= 15 is 0 Å². The smallest absolute Gasteiger partial charge is 0.230 e. The normalized spacial score (nSPS) is 19.3. The predicted molar refractivity (Wildman–Crippen MR) is 98.2 cm³/mol. The molecule has 1 N–H and O–H groups in total. The zero-order valence-corrected chi connectivity index (χ0v) is 15.1. The van der Waals surface area contributed by atoms with Crippen LogP contribution in [0.3, 0.4) is 0 Å². The summed E-state index contributed by atoms with van der Waals surface area (Å²) in [5, 5.41) is 2.90. The first-order valence-corrected chi connectivity index (χ1v) is 8.38. The van der Waals surface area contributed by atoms with Crippen molar-refractivity contribution in [2.24, 2.45) is 5.92 Å². The van der Waals surface area contributed by atoms with Gasteiger partial charge in [0, 0.05) is 19.5 Å². The van der Waals surface area contributed by atoms with Crippen LogP contribution in [0.1, 0.15) is 18.0 Å². The van der Waals surface area contributed by atoms with Gasteiger partial charge in [-0.25, -0.2) is 0 Å². The highest BCUT2D eigenvalue weighted by Crippen LogP contribution is 2.38. The van der Waals surface area contributed by atoms with Crippen LogP contribution < -0.4 is 14.8 Å². The van der Waals surface area contributed by atoms with Gasteiger partial charge in [-0.2, -0.15) is 0 Å². The van der Waals surface area contributed by atoms with Crippen LogP contribution in [0.4, 0.5) is 5.69 Å².